The van der Waals surface area contributed by atoms with Crippen LogP contribution < -0.4 is 0 Å². The van der Waals surface area contributed by atoms with E-state index in [0.717, 1.165) is 38.9 Å². The number of carbonyl (C=O) groups excluding carboxylic acids is 2. The van der Waals surface area contributed by atoms with Crippen molar-refractivity contribution in [1.29, 1.82) is 0 Å². The van der Waals surface area contributed by atoms with Crippen molar-refractivity contribution in [2.75, 3.05) is 0 Å². The highest BCUT2D eigenvalue weighted by molar-refractivity contribution is 6.23. The molecule has 0 atom stereocenters. The highest BCUT2D eigenvalue weighted by Crippen LogP contribution is 2.41. The second-order valence-electron chi connectivity index (χ2n) is 7.22. The molecule has 1 aliphatic rings. The minimum absolute atomic E-state index is 0.360. The Morgan fingerprint density at radius 1 is 0.821 bits per heavy atom. The predicted octanol–water partition coefficient (Wildman–Crippen LogP) is 5.04. The van der Waals surface area contributed by atoms with Crippen molar-refractivity contribution in [3.8, 4) is 11.3 Å². The SMILES string of the molecule is CC(C)=C1C(=O)OC(=O)/C1=C(\C)c1c(-c2ccccc2)n(C)c2ccccc12. The van der Waals surface area contributed by atoms with E-state index in [2.05, 4.69) is 22.8 Å². The Morgan fingerprint density at radius 3 is 2.11 bits per heavy atom. The Hall–Kier alpha value is -3.40. The number of hydrogen-bond donors (Lipinski definition) is 0. The highest BCUT2D eigenvalue weighted by atomic mass is 16.6. The third-order valence-corrected chi connectivity index (χ3v) is 5.25. The molecular weight excluding hydrogens is 350 g/mol. The molecule has 4 nitrogen and oxygen atoms in total. The molecule has 28 heavy (non-hydrogen) atoms. The monoisotopic (exact) mass is 371 g/mol. The van der Waals surface area contributed by atoms with Gasteiger partial charge in [-0.2, -0.15) is 0 Å². The van der Waals surface area contributed by atoms with Crippen molar-refractivity contribution in [2.45, 2.75) is 20.8 Å². The van der Waals surface area contributed by atoms with E-state index >= 15 is 0 Å². The molecule has 0 bridgehead atoms. The van der Waals surface area contributed by atoms with Crippen LogP contribution in [0.4, 0.5) is 0 Å². The van der Waals surface area contributed by atoms with Gasteiger partial charge in [0.05, 0.1) is 16.8 Å². The van der Waals surface area contributed by atoms with Crippen molar-refractivity contribution >= 4 is 28.4 Å². The summed E-state index contributed by atoms with van der Waals surface area (Å²) < 4.78 is 7.09. The van der Waals surface area contributed by atoms with Crippen LogP contribution in [-0.2, 0) is 21.4 Å². The van der Waals surface area contributed by atoms with Gasteiger partial charge in [-0.25, -0.2) is 9.59 Å². The zero-order valence-electron chi connectivity index (χ0n) is 16.4. The van der Waals surface area contributed by atoms with Gasteiger partial charge in [-0.15, -0.1) is 0 Å². The van der Waals surface area contributed by atoms with E-state index < -0.39 is 11.9 Å². The first-order valence-corrected chi connectivity index (χ1v) is 9.20. The Labute approximate surface area is 163 Å². The van der Waals surface area contributed by atoms with Crippen molar-refractivity contribution < 1.29 is 14.3 Å². The van der Waals surface area contributed by atoms with Gasteiger partial charge in [0.2, 0.25) is 0 Å². The third kappa shape index (κ3) is 2.61. The molecule has 1 aliphatic heterocycles. The van der Waals surface area contributed by atoms with Gasteiger partial charge in [-0.3, -0.25) is 0 Å². The van der Waals surface area contributed by atoms with Crippen LogP contribution in [-0.4, -0.2) is 16.5 Å². The Morgan fingerprint density at radius 2 is 1.43 bits per heavy atom. The largest absolute Gasteiger partial charge is 0.386 e. The van der Waals surface area contributed by atoms with Gasteiger partial charge in [0.15, 0.2) is 0 Å². The quantitative estimate of drug-likeness (QED) is 0.360. The second-order valence-corrected chi connectivity index (χ2v) is 7.22. The number of allylic oxidation sites excluding steroid dienone is 2. The molecule has 0 unspecified atom stereocenters. The summed E-state index contributed by atoms with van der Waals surface area (Å²) in [5.74, 6) is -1.15. The van der Waals surface area contributed by atoms with E-state index in [-0.39, 0.29) is 0 Å². The summed E-state index contributed by atoms with van der Waals surface area (Å²) in [6.45, 7) is 5.54. The minimum Gasteiger partial charge on any atom is -0.386 e. The molecular formula is C24H21NO3. The molecule has 0 saturated carbocycles. The van der Waals surface area contributed by atoms with Crippen LogP contribution in [0.5, 0.6) is 0 Å². The summed E-state index contributed by atoms with van der Waals surface area (Å²) in [5.41, 5.74) is 6.32. The number of ether oxygens (including phenoxy) is 1. The van der Waals surface area contributed by atoms with Crippen molar-refractivity contribution in [3.63, 3.8) is 0 Å². The van der Waals surface area contributed by atoms with Crippen LogP contribution in [0, 0.1) is 0 Å². The third-order valence-electron chi connectivity index (χ3n) is 5.25. The Balaban J connectivity index is 2.14. The summed E-state index contributed by atoms with van der Waals surface area (Å²) in [5, 5.41) is 1.04. The van der Waals surface area contributed by atoms with E-state index in [9.17, 15) is 9.59 Å². The topological polar surface area (TPSA) is 48.3 Å². The lowest BCUT2D eigenvalue weighted by Gasteiger charge is -2.11. The molecule has 0 N–H and O–H groups in total. The molecule has 3 aromatic rings. The van der Waals surface area contributed by atoms with Gasteiger partial charge in [-0.05, 0) is 38.0 Å². The molecule has 2 aromatic carbocycles. The van der Waals surface area contributed by atoms with Crippen LogP contribution in [0.15, 0.2) is 71.3 Å². The van der Waals surface area contributed by atoms with Gasteiger partial charge in [0.1, 0.15) is 0 Å². The highest BCUT2D eigenvalue weighted by Gasteiger charge is 2.37. The summed E-state index contributed by atoms with van der Waals surface area (Å²) in [4.78, 5) is 24.8. The van der Waals surface area contributed by atoms with Gasteiger partial charge in [0, 0.05) is 23.5 Å². The first-order chi connectivity index (χ1) is 13.4. The number of rotatable bonds is 2. The molecule has 0 aliphatic carbocycles. The molecule has 0 spiro atoms. The number of para-hydroxylation sites is 1. The van der Waals surface area contributed by atoms with E-state index in [1.807, 2.05) is 64.2 Å². The first kappa shape index (κ1) is 18.0. The lowest BCUT2D eigenvalue weighted by atomic mass is 9.91. The van der Waals surface area contributed by atoms with Crippen LogP contribution in [0.1, 0.15) is 26.3 Å². The summed E-state index contributed by atoms with van der Waals surface area (Å²) in [6.07, 6.45) is 0. The smallest absolute Gasteiger partial charge is 0.347 e. The Bertz CT molecular complexity index is 1190. The molecule has 1 aromatic heterocycles. The molecule has 4 heteroatoms. The maximum atomic E-state index is 12.6. The maximum Gasteiger partial charge on any atom is 0.347 e. The molecule has 140 valence electrons. The number of hydrogen-bond acceptors (Lipinski definition) is 3. The van der Waals surface area contributed by atoms with Crippen LogP contribution >= 0.6 is 0 Å². The number of aryl methyl sites for hydroxylation is 1. The molecule has 1 saturated heterocycles. The number of benzene rings is 2. The summed E-state index contributed by atoms with van der Waals surface area (Å²) in [6, 6.07) is 18.2. The average Bonchev–Trinajstić information content (AvgIpc) is 3.15. The summed E-state index contributed by atoms with van der Waals surface area (Å²) >= 11 is 0. The Kier molecular flexibility index (Phi) is 4.27. The first-order valence-electron chi connectivity index (χ1n) is 9.20. The molecule has 1 fully saturated rings. The molecule has 2 heterocycles. The zero-order chi connectivity index (χ0) is 20.0. The van der Waals surface area contributed by atoms with Crippen molar-refractivity contribution in [3.05, 3.63) is 76.9 Å². The average molecular weight is 371 g/mol. The normalized spacial score (nSPS) is 15.9. The van der Waals surface area contributed by atoms with E-state index in [0.29, 0.717) is 11.1 Å². The number of fused-ring (bicyclic) bond motifs is 1. The molecule has 4 rings (SSSR count). The number of aromatic nitrogens is 1. The zero-order valence-corrected chi connectivity index (χ0v) is 16.4. The number of esters is 2. The fraction of sp³-hybridized carbons (Fsp3) is 0.167. The van der Waals surface area contributed by atoms with Crippen molar-refractivity contribution in [1.82, 2.24) is 4.57 Å². The van der Waals surface area contributed by atoms with Gasteiger partial charge < -0.3 is 9.30 Å². The lowest BCUT2D eigenvalue weighted by Crippen LogP contribution is -2.01. The fourth-order valence-electron chi connectivity index (χ4n) is 4.02. The van der Waals surface area contributed by atoms with E-state index in [1.54, 1.807) is 0 Å². The van der Waals surface area contributed by atoms with Gasteiger partial charge in [0.25, 0.3) is 0 Å². The van der Waals surface area contributed by atoms with E-state index in [4.69, 9.17) is 4.74 Å². The maximum absolute atomic E-state index is 12.6. The fourth-order valence-corrected chi connectivity index (χ4v) is 4.02. The minimum atomic E-state index is -0.578. The van der Waals surface area contributed by atoms with Gasteiger partial charge >= 0.3 is 11.9 Å². The van der Waals surface area contributed by atoms with Crippen LogP contribution in [0.2, 0.25) is 0 Å². The second kappa shape index (κ2) is 6.64. The van der Waals surface area contributed by atoms with Gasteiger partial charge in [-0.1, -0.05) is 54.1 Å². The van der Waals surface area contributed by atoms with E-state index in [1.165, 1.54) is 0 Å². The molecule has 0 amide bonds. The number of nitrogens with zero attached hydrogens (tertiary/aromatic N) is 1. The van der Waals surface area contributed by atoms with Crippen molar-refractivity contribution in [2.24, 2.45) is 7.05 Å². The lowest BCUT2D eigenvalue weighted by molar-refractivity contribution is -0.149. The molecule has 0 radical (unpaired) electrons. The predicted molar refractivity (Wildman–Crippen MR) is 110 cm³/mol. The van der Waals surface area contributed by atoms with Crippen LogP contribution in [0.3, 0.4) is 0 Å². The number of carbonyl (C=O) groups is 2. The van der Waals surface area contributed by atoms with Crippen LogP contribution in [0.25, 0.3) is 27.7 Å². The summed E-state index contributed by atoms with van der Waals surface area (Å²) in [7, 11) is 2.02. The standard InChI is InChI=1S/C24H21NO3/c1-14(2)19-21(24(27)28-23(19)26)15(3)20-17-12-8-9-13-18(17)25(4)22(20)16-10-6-5-7-11-16/h5-13H,1-4H3/b21-15+. The number of cyclic esters (lactones) is 2.